The maximum absolute atomic E-state index is 11.9. The van der Waals surface area contributed by atoms with Crippen LogP contribution < -0.4 is 9.47 Å². The zero-order chi connectivity index (χ0) is 15.2. The molecule has 0 aliphatic carbocycles. The molecule has 2 aromatic rings. The molecule has 0 aromatic heterocycles. The summed E-state index contributed by atoms with van der Waals surface area (Å²) in [4.78, 5) is 22.2. The highest BCUT2D eigenvalue weighted by Gasteiger charge is 2.16. The Morgan fingerprint density at radius 3 is 2.52 bits per heavy atom. The van der Waals surface area contributed by atoms with Crippen LogP contribution in [0.3, 0.4) is 0 Å². The molecule has 0 aliphatic rings. The number of nitro groups is 1. The van der Waals surface area contributed by atoms with E-state index in [9.17, 15) is 14.9 Å². The summed E-state index contributed by atoms with van der Waals surface area (Å²) < 4.78 is 10.2. The maximum Gasteiger partial charge on any atom is 0.314 e. The van der Waals surface area contributed by atoms with Crippen molar-refractivity contribution in [1.82, 2.24) is 0 Å². The first-order valence-electron chi connectivity index (χ1n) is 6.15. The average Bonchev–Trinajstić information content (AvgIpc) is 2.53. The molecule has 0 unspecified atom stereocenters. The average molecular weight is 287 g/mol. The monoisotopic (exact) mass is 287 g/mol. The molecule has 0 spiro atoms. The predicted octanol–water partition coefficient (Wildman–Crippen LogP) is 2.87. The third-order valence-corrected chi connectivity index (χ3v) is 2.81. The zero-order valence-corrected chi connectivity index (χ0v) is 11.3. The van der Waals surface area contributed by atoms with E-state index in [-0.39, 0.29) is 29.6 Å². The third-order valence-electron chi connectivity index (χ3n) is 2.81. The van der Waals surface area contributed by atoms with Gasteiger partial charge in [0.25, 0.3) is 0 Å². The summed E-state index contributed by atoms with van der Waals surface area (Å²) in [6.07, 6.45) is 0. The molecule has 0 saturated heterocycles. The van der Waals surface area contributed by atoms with E-state index >= 15 is 0 Å². The van der Waals surface area contributed by atoms with Crippen molar-refractivity contribution in [3.8, 4) is 11.5 Å². The van der Waals surface area contributed by atoms with Crippen LogP contribution in [0.4, 0.5) is 5.69 Å². The lowest BCUT2D eigenvalue weighted by Crippen LogP contribution is -2.11. The van der Waals surface area contributed by atoms with Crippen molar-refractivity contribution in [2.24, 2.45) is 0 Å². The topological polar surface area (TPSA) is 78.7 Å². The Balaban J connectivity index is 2.09. The molecule has 0 fully saturated rings. The Labute approximate surface area is 121 Å². The number of ether oxygens (including phenoxy) is 2. The van der Waals surface area contributed by atoms with Crippen molar-refractivity contribution in [2.75, 3.05) is 13.7 Å². The van der Waals surface area contributed by atoms with Gasteiger partial charge in [-0.2, -0.15) is 0 Å². The lowest BCUT2D eigenvalue weighted by Gasteiger charge is -2.07. The standard InChI is InChI=1S/C15H13NO5/c1-20-15-8-7-12(9-13(15)16(18)19)21-10-14(17)11-5-3-2-4-6-11/h2-9H,10H2,1H3. The fraction of sp³-hybridized carbons (Fsp3) is 0.133. The molecule has 2 aromatic carbocycles. The first-order chi connectivity index (χ1) is 10.1. The van der Waals surface area contributed by atoms with Gasteiger partial charge in [-0.3, -0.25) is 14.9 Å². The Bertz CT molecular complexity index is 654. The highest BCUT2D eigenvalue weighted by molar-refractivity contribution is 5.97. The highest BCUT2D eigenvalue weighted by Crippen LogP contribution is 2.30. The van der Waals surface area contributed by atoms with Gasteiger partial charge < -0.3 is 9.47 Å². The highest BCUT2D eigenvalue weighted by atomic mass is 16.6. The summed E-state index contributed by atoms with van der Waals surface area (Å²) in [5.41, 5.74) is 0.322. The lowest BCUT2D eigenvalue weighted by atomic mass is 10.1. The number of nitrogens with zero attached hydrogens (tertiary/aromatic N) is 1. The zero-order valence-electron chi connectivity index (χ0n) is 11.3. The van der Waals surface area contributed by atoms with Crippen molar-refractivity contribution in [1.29, 1.82) is 0 Å². The van der Waals surface area contributed by atoms with Gasteiger partial charge in [-0.1, -0.05) is 30.3 Å². The minimum absolute atomic E-state index is 0.140. The van der Waals surface area contributed by atoms with Crippen molar-refractivity contribution in [3.63, 3.8) is 0 Å². The SMILES string of the molecule is COc1ccc(OCC(=O)c2ccccc2)cc1[N+](=O)[O-]. The fourth-order valence-corrected chi connectivity index (χ4v) is 1.76. The first-order valence-corrected chi connectivity index (χ1v) is 6.15. The summed E-state index contributed by atoms with van der Waals surface area (Å²) in [5.74, 6) is 0.183. The van der Waals surface area contributed by atoms with Gasteiger partial charge in [0, 0.05) is 5.56 Å². The molecule has 108 valence electrons. The van der Waals surface area contributed by atoms with Crippen molar-refractivity contribution >= 4 is 11.5 Å². The summed E-state index contributed by atoms with van der Waals surface area (Å²) in [6.45, 7) is -0.187. The molecule has 0 atom stereocenters. The van der Waals surface area contributed by atoms with Crippen molar-refractivity contribution in [3.05, 3.63) is 64.2 Å². The molecular formula is C15H13NO5. The number of benzene rings is 2. The van der Waals surface area contributed by atoms with Gasteiger partial charge in [-0.25, -0.2) is 0 Å². The molecule has 0 N–H and O–H groups in total. The molecule has 6 heteroatoms. The van der Waals surface area contributed by atoms with E-state index in [4.69, 9.17) is 9.47 Å². The van der Waals surface area contributed by atoms with E-state index in [1.54, 1.807) is 24.3 Å². The molecule has 6 nitrogen and oxygen atoms in total. The van der Waals surface area contributed by atoms with Gasteiger partial charge >= 0.3 is 5.69 Å². The third kappa shape index (κ3) is 3.56. The molecule has 0 amide bonds. The molecule has 0 radical (unpaired) electrons. The number of carbonyl (C=O) groups excluding carboxylic acids is 1. The van der Waals surface area contributed by atoms with Gasteiger partial charge in [0.15, 0.2) is 18.1 Å². The number of Topliss-reactive ketones (excluding diaryl/α,β-unsaturated/α-hetero) is 1. The second-order valence-corrected chi connectivity index (χ2v) is 4.17. The van der Waals surface area contributed by atoms with Crippen LogP contribution in [0.25, 0.3) is 0 Å². The second-order valence-electron chi connectivity index (χ2n) is 4.17. The Morgan fingerprint density at radius 2 is 1.90 bits per heavy atom. The van der Waals surface area contributed by atoms with E-state index in [0.717, 1.165) is 0 Å². The van der Waals surface area contributed by atoms with Gasteiger partial charge in [0.05, 0.1) is 18.1 Å². The van der Waals surface area contributed by atoms with Crippen molar-refractivity contribution < 1.29 is 19.2 Å². The van der Waals surface area contributed by atoms with Gasteiger partial charge in [0.1, 0.15) is 5.75 Å². The quantitative estimate of drug-likeness (QED) is 0.463. The normalized spacial score (nSPS) is 9.95. The fourth-order valence-electron chi connectivity index (χ4n) is 1.76. The van der Waals surface area contributed by atoms with Crippen LogP contribution in [0.2, 0.25) is 0 Å². The molecule has 2 rings (SSSR count). The summed E-state index contributed by atoms with van der Waals surface area (Å²) in [6, 6.07) is 12.9. The Kier molecular flexibility index (Phi) is 4.50. The Morgan fingerprint density at radius 1 is 1.19 bits per heavy atom. The van der Waals surface area contributed by atoms with Crippen LogP contribution in [0.5, 0.6) is 11.5 Å². The number of rotatable bonds is 6. The largest absolute Gasteiger partial charge is 0.490 e. The van der Waals surface area contributed by atoms with Crippen LogP contribution in [-0.2, 0) is 0 Å². The van der Waals surface area contributed by atoms with E-state index in [1.807, 2.05) is 6.07 Å². The molecular weight excluding hydrogens is 274 g/mol. The van der Waals surface area contributed by atoms with E-state index in [0.29, 0.717) is 5.56 Å². The Hall–Kier alpha value is -2.89. The summed E-state index contributed by atoms with van der Waals surface area (Å²) in [5, 5.41) is 10.9. The summed E-state index contributed by atoms with van der Waals surface area (Å²) >= 11 is 0. The number of hydrogen-bond donors (Lipinski definition) is 0. The minimum Gasteiger partial charge on any atom is -0.490 e. The summed E-state index contributed by atoms with van der Waals surface area (Å²) in [7, 11) is 1.35. The van der Waals surface area contributed by atoms with Crippen LogP contribution in [0.15, 0.2) is 48.5 Å². The van der Waals surface area contributed by atoms with Crippen LogP contribution in [-0.4, -0.2) is 24.4 Å². The van der Waals surface area contributed by atoms with Crippen molar-refractivity contribution in [2.45, 2.75) is 0 Å². The van der Waals surface area contributed by atoms with Crippen LogP contribution in [0.1, 0.15) is 10.4 Å². The van der Waals surface area contributed by atoms with E-state index in [1.165, 1.54) is 25.3 Å². The number of carbonyl (C=O) groups is 1. The van der Waals surface area contributed by atoms with E-state index < -0.39 is 4.92 Å². The minimum atomic E-state index is -0.565. The smallest absolute Gasteiger partial charge is 0.314 e. The molecule has 21 heavy (non-hydrogen) atoms. The molecule has 0 saturated carbocycles. The second kappa shape index (κ2) is 6.51. The number of nitro benzene ring substituents is 1. The number of ketones is 1. The molecule has 0 aliphatic heterocycles. The first kappa shape index (κ1) is 14.5. The van der Waals surface area contributed by atoms with Gasteiger partial charge in [-0.05, 0) is 12.1 Å². The predicted molar refractivity (Wildman–Crippen MR) is 75.9 cm³/mol. The van der Waals surface area contributed by atoms with E-state index in [2.05, 4.69) is 0 Å². The number of methoxy groups -OCH3 is 1. The van der Waals surface area contributed by atoms with Gasteiger partial charge in [0.2, 0.25) is 0 Å². The van der Waals surface area contributed by atoms with Gasteiger partial charge in [-0.15, -0.1) is 0 Å². The number of hydrogen-bond acceptors (Lipinski definition) is 5. The van der Waals surface area contributed by atoms with Crippen LogP contribution in [0, 0.1) is 10.1 Å². The maximum atomic E-state index is 11.9. The van der Waals surface area contributed by atoms with Crippen LogP contribution >= 0.6 is 0 Å². The molecule has 0 bridgehead atoms. The lowest BCUT2D eigenvalue weighted by molar-refractivity contribution is -0.385. The molecule has 0 heterocycles.